The van der Waals surface area contributed by atoms with E-state index in [4.69, 9.17) is 18.9 Å². The van der Waals surface area contributed by atoms with Crippen molar-refractivity contribution in [3.05, 3.63) is 107 Å². The van der Waals surface area contributed by atoms with Crippen LogP contribution in [0.1, 0.15) is 24.5 Å². The second-order valence-corrected chi connectivity index (χ2v) is 17.6. The van der Waals surface area contributed by atoms with E-state index >= 15 is 0 Å². The summed E-state index contributed by atoms with van der Waals surface area (Å²) in [6.07, 6.45) is 1.80. The first kappa shape index (κ1) is 32.6. The number of ether oxygens (including phenoxy) is 4. The Labute approximate surface area is 276 Å². The molecule has 0 aliphatic carbocycles. The van der Waals surface area contributed by atoms with Gasteiger partial charge in [-0.1, -0.05) is 49.5 Å². The number of nitrogens with zero attached hydrogens (tertiary/aromatic N) is 2. The number of pyridine rings is 1. The van der Waals surface area contributed by atoms with Gasteiger partial charge in [-0.25, -0.2) is 0 Å². The average molecular weight is 655 g/mol. The summed E-state index contributed by atoms with van der Waals surface area (Å²) in [6.45, 7) is 6.99. The molecular formula is C37H42N2O7Si. The van der Waals surface area contributed by atoms with Gasteiger partial charge in [0, 0.05) is 30.0 Å². The first-order valence-corrected chi connectivity index (χ1v) is 19.0. The quantitative estimate of drug-likeness (QED) is 0.240. The lowest BCUT2D eigenvalue weighted by atomic mass is 9.82. The van der Waals surface area contributed by atoms with E-state index < -0.39 is 13.7 Å². The monoisotopic (exact) mass is 654 g/mol. The molecule has 6 rings (SSSR count). The third-order valence-corrected chi connectivity index (χ3v) is 14.5. The van der Waals surface area contributed by atoms with Crippen LogP contribution < -0.4 is 29.9 Å². The molecule has 4 aromatic rings. The third kappa shape index (κ3) is 5.34. The Kier molecular flexibility index (Phi) is 8.77. The second kappa shape index (κ2) is 12.7. The topological polar surface area (TPSA) is 99.5 Å². The van der Waals surface area contributed by atoms with Crippen LogP contribution in [0.25, 0.3) is 5.69 Å². The van der Waals surface area contributed by atoms with Crippen molar-refractivity contribution < 1.29 is 28.8 Å². The lowest BCUT2D eigenvalue weighted by Crippen LogP contribution is -2.51. The molecule has 0 saturated carbocycles. The van der Waals surface area contributed by atoms with Crippen LogP contribution in [0.15, 0.2) is 89.9 Å². The zero-order valence-corrected chi connectivity index (χ0v) is 28.7. The molecule has 10 heteroatoms. The summed E-state index contributed by atoms with van der Waals surface area (Å²) in [6, 6.07) is 24.9. The molecule has 1 amide bonds. The molecule has 1 saturated heterocycles. The first-order valence-electron chi connectivity index (χ1n) is 15.9. The molecule has 0 unspecified atom stereocenters. The maximum Gasteiger partial charge on any atom is 0.297 e. The number of fused-ring (bicyclic) bond motifs is 2. The number of methoxy groups -OCH3 is 3. The molecule has 1 N–H and O–H groups in total. The molecule has 4 atom stereocenters. The number of rotatable bonds is 10. The van der Waals surface area contributed by atoms with Crippen molar-refractivity contribution in [3.8, 4) is 22.9 Å². The van der Waals surface area contributed by atoms with Gasteiger partial charge in [0.05, 0.1) is 47.7 Å². The van der Waals surface area contributed by atoms with Crippen molar-refractivity contribution in [2.24, 2.45) is 5.92 Å². The predicted molar refractivity (Wildman–Crippen MR) is 184 cm³/mol. The molecule has 3 aromatic carbocycles. The zero-order chi connectivity index (χ0) is 33.5. The molecule has 9 nitrogen and oxygen atoms in total. The van der Waals surface area contributed by atoms with Crippen molar-refractivity contribution in [1.82, 2.24) is 4.57 Å². The first-order chi connectivity index (χ1) is 22.6. The fourth-order valence-electron chi connectivity index (χ4n) is 7.79. The highest BCUT2D eigenvalue weighted by atomic mass is 28.3. The van der Waals surface area contributed by atoms with E-state index in [1.54, 1.807) is 37.4 Å². The molecule has 1 aromatic heterocycles. The third-order valence-electron chi connectivity index (χ3n) is 10.1. The van der Waals surface area contributed by atoms with E-state index in [-0.39, 0.29) is 47.9 Å². The maximum atomic E-state index is 15.0. The Balaban J connectivity index is 1.42. The summed E-state index contributed by atoms with van der Waals surface area (Å²) in [5.41, 5.74) is 1.56. The number of aromatic nitrogens is 1. The number of aliphatic hydroxyl groups excluding tert-OH is 1. The number of aliphatic hydroxyl groups is 1. The van der Waals surface area contributed by atoms with Crippen LogP contribution in [0.4, 0.5) is 5.69 Å². The Hall–Kier alpha value is -4.38. The van der Waals surface area contributed by atoms with Crippen LogP contribution in [-0.2, 0) is 21.7 Å². The number of hydrogen-bond acceptors (Lipinski definition) is 7. The summed E-state index contributed by atoms with van der Waals surface area (Å²) < 4.78 is 24.9. The van der Waals surface area contributed by atoms with E-state index in [1.165, 1.54) is 16.9 Å². The Bertz CT molecular complexity index is 1840. The van der Waals surface area contributed by atoms with Gasteiger partial charge < -0.3 is 29.0 Å². The lowest BCUT2D eigenvalue weighted by molar-refractivity contribution is -0.146. The highest BCUT2D eigenvalue weighted by Crippen LogP contribution is 2.60. The minimum absolute atomic E-state index is 0.0225. The fraction of sp³-hybridized carbons (Fsp3) is 0.351. The molecule has 0 radical (unpaired) electrons. The van der Waals surface area contributed by atoms with Crippen LogP contribution in [0.5, 0.6) is 17.2 Å². The highest BCUT2D eigenvalue weighted by Gasteiger charge is 2.66. The van der Waals surface area contributed by atoms with Gasteiger partial charge >= 0.3 is 0 Å². The van der Waals surface area contributed by atoms with Crippen LogP contribution >= 0.6 is 0 Å². The summed E-state index contributed by atoms with van der Waals surface area (Å²) in [4.78, 5) is 29.7. The molecule has 2 aliphatic rings. The SMILES string of the molecule is COc1ccc([Si](C)(C)[C@@H]2[C@@H](CCO)O[C@]3(C(=O)N(Cc4cccc(-n5cccc(OC)c5=O)c4)c4ccc(OC)cc43)[C@H]2C)cc1. The Morgan fingerprint density at radius 3 is 2.30 bits per heavy atom. The molecule has 3 heterocycles. The number of anilines is 1. The van der Waals surface area contributed by atoms with Crippen LogP contribution in [-0.4, -0.2) is 57.7 Å². The Morgan fingerprint density at radius 1 is 0.894 bits per heavy atom. The molecule has 47 heavy (non-hydrogen) atoms. The molecule has 0 bridgehead atoms. The molecule has 2 aliphatic heterocycles. The zero-order valence-electron chi connectivity index (χ0n) is 27.7. The maximum absolute atomic E-state index is 15.0. The van der Waals surface area contributed by atoms with Crippen molar-refractivity contribution >= 4 is 24.9 Å². The molecule has 1 spiro atoms. The smallest absolute Gasteiger partial charge is 0.297 e. The van der Waals surface area contributed by atoms with Crippen LogP contribution in [0, 0.1) is 5.92 Å². The van der Waals surface area contributed by atoms with E-state index in [1.807, 2.05) is 54.6 Å². The number of hydrogen-bond donors (Lipinski definition) is 1. The van der Waals surface area contributed by atoms with E-state index in [2.05, 4.69) is 32.2 Å². The number of benzene rings is 3. The van der Waals surface area contributed by atoms with Gasteiger partial charge in [-0.05, 0) is 72.1 Å². The van der Waals surface area contributed by atoms with Gasteiger partial charge in [0.2, 0.25) is 0 Å². The largest absolute Gasteiger partial charge is 0.497 e. The minimum atomic E-state index is -2.30. The minimum Gasteiger partial charge on any atom is -0.497 e. The summed E-state index contributed by atoms with van der Waals surface area (Å²) >= 11 is 0. The van der Waals surface area contributed by atoms with E-state index in [0.717, 1.165) is 22.6 Å². The van der Waals surface area contributed by atoms with Gasteiger partial charge in [0.1, 0.15) is 11.5 Å². The molecule has 1 fully saturated rings. The Morgan fingerprint density at radius 2 is 1.62 bits per heavy atom. The van der Waals surface area contributed by atoms with Crippen molar-refractivity contribution in [3.63, 3.8) is 0 Å². The number of amides is 1. The summed E-state index contributed by atoms with van der Waals surface area (Å²) in [5.74, 6) is 1.34. The van der Waals surface area contributed by atoms with Crippen molar-refractivity contribution in [1.29, 1.82) is 0 Å². The fourth-order valence-corrected chi connectivity index (χ4v) is 11.9. The van der Waals surface area contributed by atoms with Gasteiger partial charge in [0.15, 0.2) is 11.4 Å². The van der Waals surface area contributed by atoms with Crippen molar-refractivity contribution in [2.45, 2.75) is 50.2 Å². The van der Waals surface area contributed by atoms with Gasteiger partial charge in [0.25, 0.3) is 11.5 Å². The van der Waals surface area contributed by atoms with Crippen LogP contribution in [0.3, 0.4) is 0 Å². The van der Waals surface area contributed by atoms with Crippen molar-refractivity contribution in [2.75, 3.05) is 32.8 Å². The normalized spacial score (nSPS) is 22.1. The van der Waals surface area contributed by atoms with Crippen LogP contribution in [0.2, 0.25) is 18.6 Å². The predicted octanol–water partition coefficient (Wildman–Crippen LogP) is 5.01. The average Bonchev–Trinajstić information content (AvgIpc) is 3.51. The number of carbonyl (C=O) groups excluding carboxylic acids is 1. The standard InChI is InChI=1S/C37H42N2O7Si/c1-24-34(47(5,6)29-15-12-27(43-2)13-16-29)32(18-20-40)46-37(24)30-22-28(44-3)14-17-31(30)39(36(37)42)23-25-9-7-10-26(21-25)38-19-8-11-33(45-4)35(38)41/h7-17,19,21-22,24,32,34,40H,18,20,23H2,1-6H3/t24-,32+,34-,37+/m0/s1. The highest BCUT2D eigenvalue weighted by molar-refractivity contribution is 6.91. The number of carbonyl (C=O) groups is 1. The lowest BCUT2D eigenvalue weighted by Gasteiger charge is -2.37. The van der Waals surface area contributed by atoms with E-state index in [0.29, 0.717) is 17.9 Å². The van der Waals surface area contributed by atoms with Gasteiger partial charge in [-0.2, -0.15) is 0 Å². The molecule has 246 valence electrons. The second-order valence-electron chi connectivity index (χ2n) is 12.9. The summed E-state index contributed by atoms with van der Waals surface area (Å²) in [7, 11) is 2.44. The van der Waals surface area contributed by atoms with Gasteiger partial charge in [-0.3, -0.25) is 14.2 Å². The molecular weight excluding hydrogens is 613 g/mol. The summed E-state index contributed by atoms with van der Waals surface area (Å²) in [5, 5.41) is 11.4. The van der Waals surface area contributed by atoms with E-state index in [9.17, 15) is 14.7 Å². The van der Waals surface area contributed by atoms with Gasteiger partial charge in [-0.15, -0.1) is 0 Å².